The van der Waals surface area contributed by atoms with Crippen LogP contribution in [-0.4, -0.2) is 23.1 Å². The lowest BCUT2D eigenvalue weighted by molar-refractivity contribution is 0.0702. The highest BCUT2D eigenvalue weighted by atomic mass is 16.5. The van der Waals surface area contributed by atoms with E-state index in [1.54, 1.807) is 0 Å². The van der Waals surface area contributed by atoms with Crippen LogP contribution in [0.5, 0.6) is 0 Å². The highest BCUT2D eigenvalue weighted by Crippen LogP contribution is 2.22. The summed E-state index contributed by atoms with van der Waals surface area (Å²) in [5, 5.41) is 3.25. The van der Waals surface area contributed by atoms with Gasteiger partial charge in [0.15, 0.2) is 5.82 Å². The first-order valence-corrected chi connectivity index (χ1v) is 7.04. The molecule has 2 rings (SSSR count). The zero-order valence-electron chi connectivity index (χ0n) is 12.3. The Bertz CT molecular complexity index is 543. The third-order valence-corrected chi connectivity index (χ3v) is 2.95. The summed E-state index contributed by atoms with van der Waals surface area (Å²) in [5.74, 6) is 1.55. The predicted molar refractivity (Wildman–Crippen MR) is 81.7 cm³/mol. The molecule has 1 aromatic carbocycles. The van der Waals surface area contributed by atoms with E-state index < -0.39 is 0 Å². The van der Waals surface area contributed by atoms with E-state index in [2.05, 4.69) is 22.2 Å². The Kier molecular flexibility index (Phi) is 5.07. The molecule has 1 heterocycles. The van der Waals surface area contributed by atoms with Gasteiger partial charge in [-0.1, -0.05) is 30.3 Å². The molecule has 1 unspecified atom stereocenters. The van der Waals surface area contributed by atoms with Crippen molar-refractivity contribution in [1.82, 2.24) is 9.97 Å². The van der Waals surface area contributed by atoms with E-state index in [0.29, 0.717) is 12.4 Å². The van der Waals surface area contributed by atoms with Crippen molar-refractivity contribution in [2.75, 3.05) is 18.5 Å². The zero-order valence-corrected chi connectivity index (χ0v) is 12.3. The van der Waals surface area contributed by atoms with Gasteiger partial charge in [0.1, 0.15) is 11.9 Å². The van der Waals surface area contributed by atoms with Crippen LogP contribution in [0.1, 0.15) is 32.7 Å². The summed E-state index contributed by atoms with van der Waals surface area (Å²) in [6, 6.07) is 12.1. The van der Waals surface area contributed by atoms with Crippen LogP contribution < -0.4 is 5.32 Å². The van der Waals surface area contributed by atoms with E-state index in [1.807, 2.05) is 50.2 Å². The molecular weight excluding hydrogens is 250 g/mol. The largest absolute Gasteiger partial charge is 0.371 e. The molecule has 1 atom stereocenters. The van der Waals surface area contributed by atoms with Crippen molar-refractivity contribution in [3.8, 4) is 11.3 Å². The van der Waals surface area contributed by atoms with E-state index in [9.17, 15) is 0 Å². The molecule has 1 aromatic heterocycles. The van der Waals surface area contributed by atoms with Crippen LogP contribution in [0.3, 0.4) is 0 Å². The smallest absolute Gasteiger partial charge is 0.159 e. The quantitative estimate of drug-likeness (QED) is 0.870. The van der Waals surface area contributed by atoms with Gasteiger partial charge in [0.25, 0.3) is 0 Å². The Balaban J connectivity index is 2.41. The molecule has 4 heteroatoms. The van der Waals surface area contributed by atoms with Gasteiger partial charge in [-0.15, -0.1) is 0 Å². The van der Waals surface area contributed by atoms with Gasteiger partial charge < -0.3 is 10.1 Å². The fraction of sp³-hybridized carbons (Fsp3) is 0.375. The fourth-order valence-corrected chi connectivity index (χ4v) is 2.00. The third kappa shape index (κ3) is 3.54. The summed E-state index contributed by atoms with van der Waals surface area (Å²) in [6.45, 7) is 7.48. The second kappa shape index (κ2) is 7.01. The number of nitrogens with one attached hydrogen (secondary N) is 1. The highest BCUT2D eigenvalue weighted by molar-refractivity contribution is 5.62. The van der Waals surface area contributed by atoms with Crippen molar-refractivity contribution in [1.29, 1.82) is 0 Å². The lowest BCUT2D eigenvalue weighted by Gasteiger charge is -2.14. The molecule has 0 saturated carbocycles. The van der Waals surface area contributed by atoms with Crippen LogP contribution in [0.2, 0.25) is 0 Å². The van der Waals surface area contributed by atoms with E-state index >= 15 is 0 Å². The molecule has 0 spiro atoms. The maximum absolute atomic E-state index is 5.60. The van der Waals surface area contributed by atoms with Crippen LogP contribution in [0.25, 0.3) is 11.3 Å². The van der Waals surface area contributed by atoms with Gasteiger partial charge in [-0.25, -0.2) is 9.97 Å². The second-order valence-electron chi connectivity index (χ2n) is 4.49. The van der Waals surface area contributed by atoms with Gasteiger partial charge >= 0.3 is 0 Å². The van der Waals surface area contributed by atoms with Crippen molar-refractivity contribution >= 4 is 5.82 Å². The van der Waals surface area contributed by atoms with Crippen molar-refractivity contribution < 1.29 is 4.74 Å². The zero-order chi connectivity index (χ0) is 14.4. The van der Waals surface area contributed by atoms with Crippen LogP contribution in [0.4, 0.5) is 5.82 Å². The summed E-state index contributed by atoms with van der Waals surface area (Å²) in [6.07, 6.45) is -0.110. The van der Waals surface area contributed by atoms with Crippen molar-refractivity contribution in [2.24, 2.45) is 0 Å². The lowest BCUT2D eigenvalue weighted by atomic mass is 10.1. The minimum Gasteiger partial charge on any atom is -0.371 e. The third-order valence-electron chi connectivity index (χ3n) is 2.95. The average Bonchev–Trinajstić information content (AvgIpc) is 2.48. The topological polar surface area (TPSA) is 47.0 Å². The van der Waals surface area contributed by atoms with E-state index in [0.717, 1.165) is 23.6 Å². The maximum atomic E-state index is 5.60. The monoisotopic (exact) mass is 271 g/mol. The van der Waals surface area contributed by atoms with Gasteiger partial charge in [0, 0.05) is 24.8 Å². The number of benzene rings is 1. The SMILES string of the molecule is CCNc1cc(-c2ccccc2)nc(C(C)OCC)n1. The predicted octanol–water partition coefficient (Wildman–Crippen LogP) is 3.67. The lowest BCUT2D eigenvalue weighted by Crippen LogP contribution is -2.09. The van der Waals surface area contributed by atoms with Crippen LogP contribution in [0, 0.1) is 0 Å². The normalized spacial score (nSPS) is 12.2. The van der Waals surface area contributed by atoms with Gasteiger partial charge in [0.05, 0.1) is 5.69 Å². The molecule has 0 amide bonds. The number of hydrogen-bond acceptors (Lipinski definition) is 4. The van der Waals surface area contributed by atoms with Gasteiger partial charge in [-0.3, -0.25) is 0 Å². The molecule has 0 bridgehead atoms. The average molecular weight is 271 g/mol. The summed E-state index contributed by atoms with van der Waals surface area (Å²) >= 11 is 0. The molecule has 0 radical (unpaired) electrons. The molecule has 2 aromatic rings. The number of aromatic nitrogens is 2. The summed E-state index contributed by atoms with van der Waals surface area (Å²) in [4.78, 5) is 9.15. The van der Waals surface area contributed by atoms with E-state index in [-0.39, 0.29) is 6.10 Å². The first kappa shape index (κ1) is 14.5. The molecule has 0 aliphatic rings. The number of nitrogens with zero attached hydrogens (tertiary/aromatic N) is 2. The van der Waals surface area contributed by atoms with Gasteiger partial charge in [-0.2, -0.15) is 0 Å². The Hall–Kier alpha value is -1.94. The summed E-state index contributed by atoms with van der Waals surface area (Å²) in [7, 11) is 0. The molecule has 0 aliphatic carbocycles. The Morgan fingerprint density at radius 3 is 2.55 bits per heavy atom. The number of anilines is 1. The molecule has 106 valence electrons. The molecule has 0 fully saturated rings. The Morgan fingerprint density at radius 2 is 1.90 bits per heavy atom. The van der Waals surface area contributed by atoms with Crippen molar-refractivity contribution in [2.45, 2.75) is 26.9 Å². The standard InChI is InChI=1S/C16H21N3O/c1-4-17-15-11-14(13-9-7-6-8-10-13)18-16(19-15)12(3)20-5-2/h6-12H,4-5H2,1-3H3,(H,17,18,19). The molecule has 0 saturated heterocycles. The maximum Gasteiger partial charge on any atom is 0.159 e. The Morgan fingerprint density at radius 1 is 1.15 bits per heavy atom. The molecule has 0 aliphatic heterocycles. The molecule has 4 nitrogen and oxygen atoms in total. The van der Waals surface area contributed by atoms with E-state index in [4.69, 9.17) is 4.74 Å². The first-order chi connectivity index (χ1) is 9.74. The number of rotatable bonds is 6. The van der Waals surface area contributed by atoms with Crippen LogP contribution in [-0.2, 0) is 4.74 Å². The molecular formula is C16H21N3O. The molecule has 20 heavy (non-hydrogen) atoms. The van der Waals surface area contributed by atoms with Gasteiger partial charge in [0.2, 0.25) is 0 Å². The highest BCUT2D eigenvalue weighted by Gasteiger charge is 2.12. The minimum absolute atomic E-state index is 0.110. The first-order valence-electron chi connectivity index (χ1n) is 7.04. The van der Waals surface area contributed by atoms with Crippen LogP contribution >= 0.6 is 0 Å². The fourth-order valence-electron chi connectivity index (χ4n) is 2.00. The minimum atomic E-state index is -0.110. The van der Waals surface area contributed by atoms with Crippen molar-refractivity contribution in [3.05, 3.63) is 42.2 Å². The van der Waals surface area contributed by atoms with Crippen molar-refractivity contribution in [3.63, 3.8) is 0 Å². The Labute approximate surface area is 120 Å². The molecule has 1 N–H and O–H groups in total. The summed E-state index contributed by atoms with van der Waals surface area (Å²) < 4.78 is 5.60. The summed E-state index contributed by atoms with van der Waals surface area (Å²) in [5.41, 5.74) is 2.00. The second-order valence-corrected chi connectivity index (χ2v) is 4.49. The number of ether oxygens (including phenoxy) is 1. The number of hydrogen-bond donors (Lipinski definition) is 1. The van der Waals surface area contributed by atoms with E-state index in [1.165, 1.54) is 0 Å². The van der Waals surface area contributed by atoms with Gasteiger partial charge in [-0.05, 0) is 20.8 Å². The van der Waals surface area contributed by atoms with Crippen LogP contribution in [0.15, 0.2) is 36.4 Å².